The second-order valence-electron chi connectivity index (χ2n) is 6.30. The number of nitrogens with zero attached hydrogens (tertiary/aromatic N) is 2. The summed E-state index contributed by atoms with van der Waals surface area (Å²) in [6.07, 6.45) is 3.86. The summed E-state index contributed by atoms with van der Waals surface area (Å²) in [4.78, 5) is 20.1. The highest BCUT2D eigenvalue weighted by Gasteiger charge is 2.11. The summed E-state index contributed by atoms with van der Waals surface area (Å²) in [5.74, 6) is 0.600. The van der Waals surface area contributed by atoms with Crippen molar-refractivity contribution in [2.24, 2.45) is 5.73 Å². The van der Waals surface area contributed by atoms with Gasteiger partial charge in [-0.3, -0.25) is 9.78 Å². The van der Waals surface area contributed by atoms with E-state index in [2.05, 4.69) is 9.97 Å². The lowest BCUT2D eigenvalue weighted by Crippen LogP contribution is -2.13. The molecule has 28 heavy (non-hydrogen) atoms. The molecule has 0 radical (unpaired) electrons. The van der Waals surface area contributed by atoms with E-state index in [-0.39, 0.29) is 0 Å². The summed E-state index contributed by atoms with van der Waals surface area (Å²) in [6, 6.07) is 10.6. The molecule has 0 aliphatic carbocycles. The lowest BCUT2D eigenvalue weighted by molar-refractivity contribution is 0.0999. The Kier molecular flexibility index (Phi) is 5.35. The number of aromatic nitrogens is 2. The number of pyridine rings is 2. The van der Waals surface area contributed by atoms with Gasteiger partial charge in [0.25, 0.3) is 0 Å². The number of nitrogens with two attached hydrogens (primary N) is 2. The van der Waals surface area contributed by atoms with Crippen molar-refractivity contribution in [3.8, 4) is 22.8 Å². The molecule has 0 spiro atoms. The molecule has 0 bridgehead atoms. The molecule has 7 nitrogen and oxygen atoms in total. The minimum atomic E-state index is -0.442. The van der Waals surface area contributed by atoms with Gasteiger partial charge in [0.15, 0.2) is 0 Å². The number of hydrogen-bond acceptors (Lipinski definition) is 6. The Hall–Kier alpha value is -3.74. The van der Waals surface area contributed by atoms with E-state index in [0.29, 0.717) is 46.3 Å². The fourth-order valence-electron chi connectivity index (χ4n) is 2.89. The number of hydrogen-bond donors (Lipinski definition) is 3. The molecular formula is C21H21N5O2. The number of rotatable bonds is 6. The van der Waals surface area contributed by atoms with E-state index in [1.807, 2.05) is 19.1 Å². The van der Waals surface area contributed by atoms with Crippen LogP contribution in [-0.4, -0.2) is 21.6 Å². The molecule has 0 saturated heterocycles. The van der Waals surface area contributed by atoms with E-state index in [9.17, 15) is 4.79 Å². The van der Waals surface area contributed by atoms with Gasteiger partial charge in [0.1, 0.15) is 17.2 Å². The average Bonchev–Trinajstić information content (AvgIpc) is 2.67. The van der Waals surface area contributed by atoms with Crippen LogP contribution in [0.15, 0.2) is 48.8 Å². The maximum Gasteiger partial charge on any atom is 0.248 e. The molecule has 3 rings (SSSR count). The zero-order valence-corrected chi connectivity index (χ0v) is 15.7. The predicted octanol–water partition coefficient (Wildman–Crippen LogP) is 3.57. The molecule has 0 unspecified atom stereocenters. The van der Waals surface area contributed by atoms with Gasteiger partial charge < -0.3 is 21.6 Å². The number of benzene rings is 1. The normalized spacial score (nSPS) is 10.5. The number of aryl methyl sites for hydroxylation is 1. The van der Waals surface area contributed by atoms with E-state index < -0.39 is 5.91 Å². The Morgan fingerprint density at radius 2 is 1.93 bits per heavy atom. The number of carbonyl (C=O) groups is 1. The third kappa shape index (κ3) is 3.98. The van der Waals surface area contributed by atoms with Crippen molar-refractivity contribution in [3.63, 3.8) is 0 Å². The van der Waals surface area contributed by atoms with Crippen LogP contribution < -0.4 is 16.2 Å². The van der Waals surface area contributed by atoms with Crippen molar-refractivity contribution in [3.05, 3.63) is 65.6 Å². The quantitative estimate of drug-likeness (QED) is 0.567. The minimum Gasteiger partial charge on any atom is -0.456 e. The molecule has 7 heteroatoms. The van der Waals surface area contributed by atoms with Gasteiger partial charge in [0.2, 0.25) is 5.91 Å². The minimum absolute atomic E-state index is 0.293. The van der Waals surface area contributed by atoms with Crippen molar-refractivity contribution in [2.75, 3.05) is 5.73 Å². The molecule has 0 aliphatic heterocycles. The fourth-order valence-corrected chi connectivity index (χ4v) is 2.89. The van der Waals surface area contributed by atoms with E-state index in [0.717, 1.165) is 11.1 Å². The summed E-state index contributed by atoms with van der Waals surface area (Å²) in [6.45, 7) is 3.60. The van der Waals surface area contributed by atoms with Crippen molar-refractivity contribution in [1.29, 1.82) is 5.41 Å². The van der Waals surface area contributed by atoms with Gasteiger partial charge in [-0.2, -0.15) is 0 Å². The number of ether oxygens (including phenoxy) is 1. The molecule has 2 heterocycles. The topological polar surface area (TPSA) is 128 Å². The van der Waals surface area contributed by atoms with Crippen LogP contribution in [0.1, 0.15) is 35.5 Å². The van der Waals surface area contributed by atoms with Gasteiger partial charge in [0.05, 0.1) is 23.3 Å². The molecule has 0 aliphatic rings. The lowest BCUT2D eigenvalue weighted by atomic mass is 9.99. The SMILES string of the molecule is CCc1cc(-c2cc(Oc3cnc(C(C)=N)c(N)c3)ccn2)ccc1C(N)=O. The number of nitrogen functional groups attached to an aromatic ring is 1. The number of carbonyl (C=O) groups excluding carboxylic acids is 1. The molecule has 0 fully saturated rings. The van der Waals surface area contributed by atoms with Crippen LogP contribution in [0.5, 0.6) is 11.5 Å². The van der Waals surface area contributed by atoms with Crippen LogP contribution in [0.3, 0.4) is 0 Å². The first-order valence-corrected chi connectivity index (χ1v) is 8.77. The van der Waals surface area contributed by atoms with Crippen LogP contribution in [0, 0.1) is 5.41 Å². The standard InChI is InChI=1S/C21H21N5O2/c1-3-13-8-14(4-5-17(13)21(24)27)19-10-15(6-7-25-19)28-16-9-18(23)20(12(2)22)26-11-16/h4-11,22H,3,23H2,1-2H3,(H2,24,27). The second kappa shape index (κ2) is 7.87. The van der Waals surface area contributed by atoms with E-state index in [1.165, 1.54) is 6.20 Å². The Morgan fingerprint density at radius 3 is 2.57 bits per heavy atom. The van der Waals surface area contributed by atoms with Crippen molar-refractivity contribution >= 4 is 17.3 Å². The van der Waals surface area contributed by atoms with E-state index in [1.54, 1.807) is 37.4 Å². The predicted molar refractivity (Wildman–Crippen MR) is 109 cm³/mol. The average molecular weight is 375 g/mol. The molecule has 1 aromatic carbocycles. The van der Waals surface area contributed by atoms with Gasteiger partial charge in [-0.25, -0.2) is 4.98 Å². The highest BCUT2D eigenvalue weighted by Crippen LogP contribution is 2.28. The largest absolute Gasteiger partial charge is 0.456 e. The van der Waals surface area contributed by atoms with Crippen LogP contribution in [-0.2, 0) is 6.42 Å². The van der Waals surface area contributed by atoms with E-state index in [4.69, 9.17) is 21.6 Å². The van der Waals surface area contributed by atoms with Crippen LogP contribution in [0.4, 0.5) is 5.69 Å². The zero-order valence-electron chi connectivity index (χ0n) is 15.7. The van der Waals surface area contributed by atoms with Crippen molar-refractivity contribution in [1.82, 2.24) is 9.97 Å². The first kappa shape index (κ1) is 19.0. The Morgan fingerprint density at radius 1 is 1.14 bits per heavy atom. The summed E-state index contributed by atoms with van der Waals surface area (Å²) < 4.78 is 5.85. The zero-order chi connectivity index (χ0) is 20.3. The Bertz CT molecular complexity index is 1060. The third-order valence-corrected chi connectivity index (χ3v) is 4.26. The molecule has 1 amide bonds. The van der Waals surface area contributed by atoms with Gasteiger partial charge in [0, 0.05) is 29.5 Å². The summed E-state index contributed by atoms with van der Waals surface area (Å²) >= 11 is 0. The Balaban J connectivity index is 1.90. The van der Waals surface area contributed by atoms with Crippen molar-refractivity contribution < 1.29 is 9.53 Å². The number of primary amides is 1. The first-order valence-electron chi connectivity index (χ1n) is 8.77. The molecular weight excluding hydrogens is 354 g/mol. The summed E-state index contributed by atoms with van der Waals surface area (Å²) in [7, 11) is 0. The molecule has 0 atom stereocenters. The van der Waals surface area contributed by atoms with Gasteiger partial charge in [-0.15, -0.1) is 0 Å². The monoisotopic (exact) mass is 375 g/mol. The number of nitrogens with one attached hydrogen (secondary N) is 1. The van der Waals surface area contributed by atoms with Gasteiger partial charge in [-0.05, 0) is 37.1 Å². The molecule has 0 saturated carbocycles. The molecule has 2 aromatic heterocycles. The van der Waals surface area contributed by atoms with E-state index >= 15 is 0 Å². The first-order chi connectivity index (χ1) is 13.4. The van der Waals surface area contributed by atoms with Crippen molar-refractivity contribution in [2.45, 2.75) is 20.3 Å². The second-order valence-corrected chi connectivity index (χ2v) is 6.30. The summed E-state index contributed by atoms with van der Waals surface area (Å²) in [5.41, 5.74) is 15.4. The maximum absolute atomic E-state index is 11.5. The third-order valence-electron chi connectivity index (χ3n) is 4.26. The molecule has 3 aromatic rings. The van der Waals surface area contributed by atoms with Crippen LogP contribution >= 0.6 is 0 Å². The fraction of sp³-hybridized carbons (Fsp3) is 0.143. The number of anilines is 1. The highest BCUT2D eigenvalue weighted by atomic mass is 16.5. The Labute approximate surface area is 162 Å². The van der Waals surface area contributed by atoms with Gasteiger partial charge in [-0.1, -0.05) is 13.0 Å². The molecule has 5 N–H and O–H groups in total. The molecule has 142 valence electrons. The number of amides is 1. The van der Waals surface area contributed by atoms with Crippen LogP contribution in [0.25, 0.3) is 11.3 Å². The van der Waals surface area contributed by atoms with Crippen LogP contribution in [0.2, 0.25) is 0 Å². The lowest BCUT2D eigenvalue weighted by Gasteiger charge is -2.11. The van der Waals surface area contributed by atoms with Gasteiger partial charge >= 0.3 is 0 Å². The highest BCUT2D eigenvalue weighted by molar-refractivity contribution is 5.99. The maximum atomic E-state index is 11.5. The summed E-state index contributed by atoms with van der Waals surface area (Å²) in [5, 5.41) is 7.65. The smallest absolute Gasteiger partial charge is 0.248 e.